The highest BCUT2D eigenvalue weighted by Gasteiger charge is 2.27. The Balaban J connectivity index is 1.53. The maximum absolute atomic E-state index is 2.43. The van der Waals surface area contributed by atoms with Crippen LogP contribution in [0.15, 0.2) is 188 Å². The summed E-state index contributed by atoms with van der Waals surface area (Å²) in [5.74, 6) is 0. The molecule has 0 bridgehead atoms. The van der Waals surface area contributed by atoms with Crippen molar-refractivity contribution in [2.75, 3.05) is 9.80 Å². The van der Waals surface area contributed by atoms with Crippen molar-refractivity contribution in [3.8, 4) is 5.69 Å². The van der Waals surface area contributed by atoms with Gasteiger partial charge in [-0.1, -0.05) is 115 Å². The van der Waals surface area contributed by atoms with Crippen molar-refractivity contribution >= 4 is 55.9 Å². The number of para-hydroxylation sites is 7. The number of anilines is 6. The van der Waals surface area contributed by atoms with Crippen molar-refractivity contribution < 1.29 is 0 Å². The fourth-order valence-corrected chi connectivity index (χ4v) is 6.43. The largest absolute Gasteiger partial charge is 0.308 e. The molecule has 0 N–H and O–H groups in total. The van der Waals surface area contributed by atoms with E-state index in [0.717, 1.165) is 39.8 Å². The lowest BCUT2D eigenvalue weighted by molar-refractivity contribution is 1.14. The molecule has 0 spiro atoms. The Bertz CT molecular complexity index is 2070. The second kappa shape index (κ2) is 11.6. The highest BCUT2D eigenvalue weighted by molar-refractivity contribution is 6.10. The molecule has 214 valence electrons. The van der Waals surface area contributed by atoms with E-state index >= 15 is 0 Å². The SMILES string of the molecule is c1ccc(N(c2ccccc2)c2cccc(-n3c4ccccc4c4ccccc43)c2N(c2ccccc2)c2ccccc2)cc1. The minimum Gasteiger partial charge on any atom is -0.308 e. The van der Waals surface area contributed by atoms with E-state index in [4.69, 9.17) is 0 Å². The topological polar surface area (TPSA) is 11.4 Å². The molecule has 0 amide bonds. The molecule has 0 aliphatic rings. The molecule has 0 saturated carbocycles. The summed E-state index contributed by atoms with van der Waals surface area (Å²) in [7, 11) is 0. The fourth-order valence-electron chi connectivity index (χ4n) is 6.43. The smallest absolute Gasteiger partial charge is 0.0946 e. The Morgan fingerprint density at radius 2 is 0.689 bits per heavy atom. The zero-order chi connectivity index (χ0) is 30.0. The van der Waals surface area contributed by atoms with Gasteiger partial charge in [0.05, 0.1) is 28.1 Å². The zero-order valence-electron chi connectivity index (χ0n) is 24.7. The average Bonchev–Trinajstić information content (AvgIpc) is 3.45. The molecule has 8 aromatic rings. The predicted octanol–water partition coefficient (Wildman–Crippen LogP) is 11.7. The van der Waals surface area contributed by atoms with Crippen LogP contribution in [0.25, 0.3) is 27.5 Å². The Morgan fingerprint density at radius 1 is 0.311 bits per heavy atom. The molecule has 0 saturated heterocycles. The number of fused-ring (bicyclic) bond motifs is 3. The standard InChI is InChI=1S/C42H31N3/c1-5-18-32(19-6-1)43(33-20-7-2-8-21-33)40-30-17-31-41(45-38-28-15-13-26-36(38)37-27-14-16-29-39(37)45)42(40)44(34-22-9-3-10-23-34)35-24-11-4-12-25-35/h1-31H. The van der Waals surface area contributed by atoms with Gasteiger partial charge in [-0.25, -0.2) is 0 Å². The van der Waals surface area contributed by atoms with Crippen LogP contribution in [0.4, 0.5) is 34.1 Å². The number of aromatic nitrogens is 1. The molecule has 3 nitrogen and oxygen atoms in total. The average molecular weight is 578 g/mol. The Kier molecular flexibility index (Phi) is 6.82. The van der Waals surface area contributed by atoms with Crippen LogP contribution in [0.1, 0.15) is 0 Å². The Labute approximate surface area is 263 Å². The van der Waals surface area contributed by atoms with Crippen LogP contribution in [-0.2, 0) is 0 Å². The second-order valence-electron chi connectivity index (χ2n) is 11.0. The van der Waals surface area contributed by atoms with Crippen molar-refractivity contribution in [3.63, 3.8) is 0 Å². The summed E-state index contributed by atoms with van der Waals surface area (Å²) in [6.45, 7) is 0. The van der Waals surface area contributed by atoms with Gasteiger partial charge in [0.2, 0.25) is 0 Å². The van der Waals surface area contributed by atoms with Gasteiger partial charge in [0.1, 0.15) is 0 Å². The quantitative estimate of drug-likeness (QED) is 0.187. The summed E-state index contributed by atoms with van der Waals surface area (Å²) in [6.07, 6.45) is 0. The van der Waals surface area contributed by atoms with Gasteiger partial charge in [-0.3, -0.25) is 0 Å². The first-order chi connectivity index (χ1) is 22.4. The normalized spacial score (nSPS) is 11.1. The molecule has 0 unspecified atom stereocenters. The first-order valence-electron chi connectivity index (χ1n) is 15.3. The van der Waals surface area contributed by atoms with Crippen LogP contribution >= 0.6 is 0 Å². The van der Waals surface area contributed by atoms with Crippen molar-refractivity contribution in [3.05, 3.63) is 188 Å². The zero-order valence-corrected chi connectivity index (χ0v) is 24.7. The minimum absolute atomic E-state index is 1.07. The number of rotatable bonds is 7. The van der Waals surface area contributed by atoms with Crippen molar-refractivity contribution in [1.29, 1.82) is 0 Å². The number of hydrogen-bond donors (Lipinski definition) is 0. The van der Waals surface area contributed by atoms with E-state index in [2.05, 4.69) is 202 Å². The lowest BCUT2D eigenvalue weighted by Gasteiger charge is -2.35. The van der Waals surface area contributed by atoms with Crippen LogP contribution < -0.4 is 9.80 Å². The van der Waals surface area contributed by atoms with E-state index in [9.17, 15) is 0 Å². The summed E-state index contributed by atoms with van der Waals surface area (Å²) < 4.78 is 2.43. The van der Waals surface area contributed by atoms with Crippen LogP contribution in [0.5, 0.6) is 0 Å². The lowest BCUT2D eigenvalue weighted by atomic mass is 10.1. The third-order valence-electron chi connectivity index (χ3n) is 8.34. The minimum atomic E-state index is 1.07. The summed E-state index contributed by atoms with van der Waals surface area (Å²) in [5.41, 5.74) is 9.92. The third kappa shape index (κ3) is 4.72. The molecule has 0 aliphatic heterocycles. The Morgan fingerprint density at radius 3 is 1.13 bits per heavy atom. The first kappa shape index (κ1) is 26.6. The molecule has 0 radical (unpaired) electrons. The van der Waals surface area contributed by atoms with Crippen LogP contribution in [-0.4, -0.2) is 4.57 Å². The van der Waals surface area contributed by atoms with E-state index in [1.54, 1.807) is 0 Å². The van der Waals surface area contributed by atoms with E-state index in [-0.39, 0.29) is 0 Å². The number of nitrogens with zero attached hydrogens (tertiary/aromatic N) is 3. The number of hydrogen-bond acceptors (Lipinski definition) is 2. The summed E-state index contributed by atoms with van der Waals surface area (Å²) >= 11 is 0. The Hall–Kier alpha value is -6.06. The van der Waals surface area contributed by atoms with Gasteiger partial charge in [0.15, 0.2) is 0 Å². The fraction of sp³-hybridized carbons (Fsp3) is 0. The van der Waals surface area contributed by atoms with Crippen LogP contribution in [0, 0.1) is 0 Å². The molecule has 1 heterocycles. The van der Waals surface area contributed by atoms with Gasteiger partial charge in [-0.15, -0.1) is 0 Å². The van der Waals surface area contributed by atoms with Crippen LogP contribution in [0.2, 0.25) is 0 Å². The first-order valence-corrected chi connectivity index (χ1v) is 15.3. The van der Waals surface area contributed by atoms with E-state index in [0.29, 0.717) is 0 Å². The molecule has 0 aliphatic carbocycles. The van der Waals surface area contributed by atoms with Gasteiger partial charge < -0.3 is 14.4 Å². The molecule has 0 fully saturated rings. The highest BCUT2D eigenvalue weighted by atomic mass is 15.2. The van der Waals surface area contributed by atoms with Gasteiger partial charge in [0.25, 0.3) is 0 Å². The maximum atomic E-state index is 2.43. The van der Waals surface area contributed by atoms with E-state index < -0.39 is 0 Å². The van der Waals surface area contributed by atoms with Crippen molar-refractivity contribution in [2.24, 2.45) is 0 Å². The molecule has 7 aromatic carbocycles. The van der Waals surface area contributed by atoms with Gasteiger partial charge >= 0.3 is 0 Å². The molecule has 3 heteroatoms. The predicted molar refractivity (Wildman–Crippen MR) is 190 cm³/mol. The summed E-state index contributed by atoms with van der Waals surface area (Å²) in [6, 6.07) is 66.8. The monoisotopic (exact) mass is 577 g/mol. The van der Waals surface area contributed by atoms with Crippen molar-refractivity contribution in [1.82, 2.24) is 4.57 Å². The van der Waals surface area contributed by atoms with Gasteiger partial charge in [-0.2, -0.15) is 0 Å². The molecular formula is C42H31N3. The van der Waals surface area contributed by atoms with Gasteiger partial charge in [0, 0.05) is 33.5 Å². The number of benzene rings is 7. The lowest BCUT2D eigenvalue weighted by Crippen LogP contribution is -2.19. The maximum Gasteiger partial charge on any atom is 0.0946 e. The molecule has 0 atom stereocenters. The van der Waals surface area contributed by atoms with Crippen LogP contribution in [0.3, 0.4) is 0 Å². The molecular weight excluding hydrogens is 546 g/mol. The van der Waals surface area contributed by atoms with E-state index in [1.807, 2.05) is 0 Å². The summed E-state index contributed by atoms with van der Waals surface area (Å²) in [5, 5.41) is 2.47. The third-order valence-corrected chi connectivity index (χ3v) is 8.34. The second-order valence-corrected chi connectivity index (χ2v) is 11.0. The van der Waals surface area contributed by atoms with E-state index in [1.165, 1.54) is 21.8 Å². The molecule has 45 heavy (non-hydrogen) atoms. The van der Waals surface area contributed by atoms with Crippen molar-refractivity contribution in [2.45, 2.75) is 0 Å². The molecule has 1 aromatic heterocycles. The molecule has 8 rings (SSSR count). The highest BCUT2D eigenvalue weighted by Crippen LogP contribution is 2.49. The van der Waals surface area contributed by atoms with Gasteiger partial charge in [-0.05, 0) is 72.8 Å². The summed E-state index contributed by atoms with van der Waals surface area (Å²) in [4.78, 5) is 4.76.